The van der Waals surface area contributed by atoms with E-state index in [4.69, 9.17) is 0 Å². The molecule has 1 aromatic rings. The molecule has 0 saturated carbocycles. The molecule has 0 aliphatic heterocycles. The van der Waals surface area contributed by atoms with E-state index in [1.807, 2.05) is 0 Å². The topological polar surface area (TPSA) is 71.1 Å². The monoisotopic (exact) mass is 255 g/mol. The second kappa shape index (κ2) is 7.78. The highest BCUT2D eigenvalue weighted by atomic mass is 32.1. The van der Waals surface area contributed by atoms with Gasteiger partial charge in [0.25, 0.3) is 0 Å². The first-order chi connectivity index (χ1) is 8.24. The first kappa shape index (κ1) is 13.6. The minimum atomic E-state index is -0.657. The summed E-state index contributed by atoms with van der Waals surface area (Å²) >= 11 is 1.28. The van der Waals surface area contributed by atoms with Gasteiger partial charge in [-0.15, -0.1) is 11.3 Å². The van der Waals surface area contributed by atoms with Gasteiger partial charge in [0.15, 0.2) is 5.13 Å². The molecule has 0 aliphatic carbocycles. The highest BCUT2D eigenvalue weighted by Gasteiger charge is 2.13. The Morgan fingerprint density at radius 1 is 1.29 bits per heavy atom. The van der Waals surface area contributed by atoms with Gasteiger partial charge in [-0.05, 0) is 6.42 Å². The third-order valence-corrected chi connectivity index (χ3v) is 2.86. The van der Waals surface area contributed by atoms with Crippen molar-refractivity contribution >= 4 is 28.3 Å². The van der Waals surface area contributed by atoms with Crippen molar-refractivity contribution in [1.29, 1.82) is 0 Å². The summed E-state index contributed by atoms with van der Waals surface area (Å²) in [5.74, 6) is -1.26. The summed E-state index contributed by atoms with van der Waals surface area (Å²) in [5, 5.41) is 7.19. The second-order valence-corrected chi connectivity index (χ2v) is 4.50. The molecule has 0 aliphatic rings. The molecule has 0 atom stereocenters. The first-order valence-electron chi connectivity index (χ1n) is 5.72. The van der Waals surface area contributed by atoms with E-state index in [2.05, 4.69) is 22.5 Å². The van der Waals surface area contributed by atoms with E-state index in [0.29, 0.717) is 11.7 Å². The van der Waals surface area contributed by atoms with Gasteiger partial charge in [0.2, 0.25) is 0 Å². The number of aromatic nitrogens is 1. The van der Waals surface area contributed by atoms with Gasteiger partial charge in [0.05, 0.1) is 0 Å². The van der Waals surface area contributed by atoms with Crippen LogP contribution in [0.25, 0.3) is 0 Å². The van der Waals surface area contributed by atoms with Crippen molar-refractivity contribution in [1.82, 2.24) is 10.3 Å². The van der Waals surface area contributed by atoms with Gasteiger partial charge in [-0.25, -0.2) is 4.98 Å². The third-order valence-electron chi connectivity index (χ3n) is 2.17. The molecule has 0 spiro atoms. The van der Waals surface area contributed by atoms with Gasteiger partial charge < -0.3 is 5.32 Å². The predicted molar refractivity (Wildman–Crippen MR) is 67.9 cm³/mol. The first-order valence-corrected chi connectivity index (χ1v) is 6.60. The molecule has 17 heavy (non-hydrogen) atoms. The van der Waals surface area contributed by atoms with Crippen molar-refractivity contribution in [2.75, 3.05) is 11.9 Å². The molecule has 1 heterocycles. The zero-order valence-corrected chi connectivity index (χ0v) is 10.7. The van der Waals surface area contributed by atoms with Crippen molar-refractivity contribution in [3.63, 3.8) is 0 Å². The smallest absolute Gasteiger partial charge is 0.315 e. The second-order valence-electron chi connectivity index (χ2n) is 3.61. The lowest BCUT2D eigenvalue weighted by molar-refractivity contribution is -0.136. The molecule has 0 radical (unpaired) electrons. The van der Waals surface area contributed by atoms with Crippen LogP contribution in [0.1, 0.15) is 32.6 Å². The fourth-order valence-electron chi connectivity index (χ4n) is 1.27. The lowest BCUT2D eigenvalue weighted by Crippen LogP contribution is -2.35. The summed E-state index contributed by atoms with van der Waals surface area (Å²) in [4.78, 5) is 26.6. The SMILES string of the molecule is CCCCCCNC(=O)C(=O)Nc1nccs1. The largest absolute Gasteiger partial charge is 0.348 e. The maximum absolute atomic E-state index is 11.4. The number of carbonyl (C=O) groups is 2. The Bertz CT molecular complexity index is 352. The van der Waals surface area contributed by atoms with E-state index in [9.17, 15) is 9.59 Å². The number of hydrogen-bond donors (Lipinski definition) is 2. The summed E-state index contributed by atoms with van der Waals surface area (Å²) in [7, 11) is 0. The number of thiazole rings is 1. The van der Waals surface area contributed by atoms with Crippen LogP contribution in [0.3, 0.4) is 0 Å². The number of anilines is 1. The molecular formula is C11H17N3O2S. The molecule has 2 amide bonds. The average molecular weight is 255 g/mol. The Kier molecular flexibility index (Phi) is 6.24. The standard InChI is InChI=1S/C11H17N3O2S/c1-2-3-4-5-6-12-9(15)10(16)14-11-13-7-8-17-11/h7-8H,2-6H2,1H3,(H,12,15)(H,13,14,16). The van der Waals surface area contributed by atoms with Crippen LogP contribution >= 0.6 is 11.3 Å². The number of amides is 2. The maximum Gasteiger partial charge on any atom is 0.315 e. The van der Waals surface area contributed by atoms with Gasteiger partial charge in [0.1, 0.15) is 0 Å². The lowest BCUT2D eigenvalue weighted by Gasteiger charge is -2.04. The average Bonchev–Trinajstić information content (AvgIpc) is 2.81. The Morgan fingerprint density at radius 2 is 2.12 bits per heavy atom. The summed E-state index contributed by atoms with van der Waals surface area (Å²) in [5.41, 5.74) is 0. The third kappa shape index (κ3) is 5.44. The van der Waals surface area contributed by atoms with Crippen molar-refractivity contribution in [2.45, 2.75) is 32.6 Å². The molecule has 2 N–H and O–H groups in total. The molecule has 0 unspecified atom stereocenters. The molecule has 0 saturated heterocycles. The van der Waals surface area contributed by atoms with Gasteiger partial charge in [-0.1, -0.05) is 26.2 Å². The molecule has 0 fully saturated rings. The fraction of sp³-hybridized carbons (Fsp3) is 0.545. The quantitative estimate of drug-likeness (QED) is 0.601. The number of carbonyl (C=O) groups excluding carboxylic acids is 2. The highest BCUT2D eigenvalue weighted by molar-refractivity contribution is 7.13. The molecule has 94 valence electrons. The van der Waals surface area contributed by atoms with Crippen LogP contribution in [0.15, 0.2) is 11.6 Å². The Hall–Kier alpha value is -1.43. The summed E-state index contributed by atoms with van der Waals surface area (Å²) < 4.78 is 0. The van der Waals surface area contributed by atoms with Crippen LogP contribution in [0.5, 0.6) is 0 Å². The Balaban J connectivity index is 2.16. The Morgan fingerprint density at radius 3 is 2.76 bits per heavy atom. The summed E-state index contributed by atoms with van der Waals surface area (Å²) in [6.45, 7) is 2.67. The van der Waals surface area contributed by atoms with E-state index >= 15 is 0 Å². The van der Waals surface area contributed by atoms with Crippen molar-refractivity contribution in [2.24, 2.45) is 0 Å². The molecule has 5 nitrogen and oxygen atoms in total. The van der Waals surface area contributed by atoms with Crippen molar-refractivity contribution < 1.29 is 9.59 Å². The van der Waals surface area contributed by atoms with Crippen molar-refractivity contribution in [3.8, 4) is 0 Å². The normalized spacial score (nSPS) is 9.94. The number of rotatable bonds is 6. The van der Waals surface area contributed by atoms with Gasteiger partial charge in [0, 0.05) is 18.1 Å². The zero-order chi connectivity index (χ0) is 12.5. The van der Waals surface area contributed by atoms with Gasteiger partial charge >= 0.3 is 11.8 Å². The van der Waals surface area contributed by atoms with E-state index in [-0.39, 0.29) is 0 Å². The van der Waals surface area contributed by atoms with Gasteiger partial charge in [-0.2, -0.15) is 0 Å². The highest BCUT2D eigenvalue weighted by Crippen LogP contribution is 2.09. The minimum absolute atomic E-state index is 0.441. The number of hydrogen-bond acceptors (Lipinski definition) is 4. The van der Waals surface area contributed by atoms with Crippen LogP contribution in [-0.4, -0.2) is 23.3 Å². The number of nitrogens with one attached hydrogen (secondary N) is 2. The fourth-order valence-corrected chi connectivity index (χ4v) is 1.80. The van der Waals surface area contributed by atoms with Crippen molar-refractivity contribution in [3.05, 3.63) is 11.6 Å². The van der Waals surface area contributed by atoms with Crippen LogP contribution < -0.4 is 10.6 Å². The predicted octanol–water partition coefficient (Wildman–Crippen LogP) is 1.78. The molecular weight excluding hydrogens is 238 g/mol. The van der Waals surface area contributed by atoms with Crippen LogP contribution in [0.4, 0.5) is 5.13 Å². The lowest BCUT2D eigenvalue weighted by atomic mass is 10.2. The molecule has 6 heteroatoms. The summed E-state index contributed by atoms with van der Waals surface area (Å²) in [6, 6.07) is 0. The van der Waals surface area contributed by atoms with Crippen LogP contribution in [0, 0.1) is 0 Å². The van der Waals surface area contributed by atoms with E-state index < -0.39 is 11.8 Å². The van der Waals surface area contributed by atoms with Crippen LogP contribution in [-0.2, 0) is 9.59 Å². The minimum Gasteiger partial charge on any atom is -0.348 e. The Labute approximate surface area is 105 Å². The van der Waals surface area contributed by atoms with Gasteiger partial charge in [-0.3, -0.25) is 14.9 Å². The molecule has 0 aromatic carbocycles. The molecule has 1 rings (SSSR count). The number of nitrogens with zero attached hydrogens (tertiary/aromatic N) is 1. The van der Waals surface area contributed by atoms with E-state index in [0.717, 1.165) is 25.7 Å². The zero-order valence-electron chi connectivity index (χ0n) is 9.86. The van der Waals surface area contributed by atoms with E-state index in [1.54, 1.807) is 11.6 Å². The molecule has 0 bridgehead atoms. The summed E-state index contributed by atoms with van der Waals surface area (Å²) in [6.07, 6.45) is 5.86. The maximum atomic E-state index is 11.4. The number of unbranched alkanes of at least 4 members (excludes halogenated alkanes) is 3. The molecule has 1 aromatic heterocycles. The van der Waals surface area contributed by atoms with E-state index in [1.165, 1.54) is 11.3 Å². The van der Waals surface area contributed by atoms with Crippen LogP contribution in [0.2, 0.25) is 0 Å².